The number of nitrogens with zero attached hydrogens (tertiary/aromatic N) is 7. The number of halogens is 2. The first-order valence-corrected chi connectivity index (χ1v) is 30.2. The molecule has 0 saturated carbocycles. The molecule has 0 spiro atoms. The average molecular weight is 1160 g/mol. The fourth-order valence-electron chi connectivity index (χ4n) is 12.1. The number of amides is 6. The van der Waals surface area contributed by atoms with E-state index in [0.29, 0.717) is 68.4 Å². The topological polar surface area (TPSA) is 251 Å². The number of likely N-dealkylation sites (N-methyl/N-ethyl adjacent to an activating group) is 2. The summed E-state index contributed by atoms with van der Waals surface area (Å²) >= 11 is 0. The fraction of sp³-hybridized carbons (Fsp3) is 0.548. The van der Waals surface area contributed by atoms with Crippen molar-refractivity contribution in [3.05, 3.63) is 131 Å². The minimum atomic E-state index is -0.751. The van der Waals surface area contributed by atoms with Gasteiger partial charge in [0.25, 0.3) is 0 Å². The molecule has 5 heterocycles. The van der Waals surface area contributed by atoms with Crippen molar-refractivity contribution in [2.75, 3.05) is 20.6 Å². The molecular formula is C62H84F2N14O6. The van der Waals surface area contributed by atoms with Crippen molar-refractivity contribution in [2.45, 2.75) is 196 Å². The van der Waals surface area contributed by atoms with E-state index < -0.39 is 60.0 Å². The summed E-state index contributed by atoms with van der Waals surface area (Å²) in [7, 11) is 3.37. The van der Waals surface area contributed by atoms with Crippen LogP contribution < -0.4 is 31.9 Å². The Morgan fingerprint density at radius 2 is 1.14 bits per heavy atom. The first-order valence-electron chi connectivity index (χ1n) is 30.2. The molecule has 7 N–H and O–H groups in total. The minimum Gasteiger partial charge on any atom is -0.344 e. The smallest absolute Gasteiger partial charge is 0.246 e. The number of carbonyl (C=O) groups excluding carboxylic acids is 6. The number of aromatic nitrogens is 3. The van der Waals surface area contributed by atoms with Gasteiger partial charge in [0.05, 0.1) is 30.4 Å². The lowest BCUT2D eigenvalue weighted by atomic mass is 9.98. The van der Waals surface area contributed by atoms with Crippen LogP contribution in [0.4, 0.5) is 8.78 Å². The second-order valence-corrected chi connectivity index (χ2v) is 23.0. The summed E-state index contributed by atoms with van der Waals surface area (Å²) in [6.07, 6.45) is 18.3. The molecule has 452 valence electrons. The minimum absolute atomic E-state index is 0.111. The second-order valence-electron chi connectivity index (χ2n) is 23.0. The number of hydrogen-bond donors (Lipinski definition) is 7. The van der Waals surface area contributed by atoms with E-state index in [0.717, 1.165) is 77.0 Å². The molecule has 4 saturated heterocycles. The highest BCUT2D eigenvalue weighted by Crippen LogP contribution is 2.34. The van der Waals surface area contributed by atoms with E-state index in [4.69, 9.17) is 5.53 Å². The Hall–Kier alpha value is -7.46. The zero-order valence-electron chi connectivity index (χ0n) is 48.9. The van der Waals surface area contributed by atoms with Crippen LogP contribution in [0.15, 0.2) is 96.5 Å². The predicted molar refractivity (Wildman–Crippen MR) is 312 cm³/mol. The van der Waals surface area contributed by atoms with Gasteiger partial charge in [0.15, 0.2) is 0 Å². The molecule has 84 heavy (non-hydrogen) atoms. The third kappa shape index (κ3) is 16.5. The molecule has 0 aliphatic carbocycles. The normalized spacial score (nSPS) is 22.3. The maximum absolute atomic E-state index is 14.3. The van der Waals surface area contributed by atoms with Crippen LogP contribution in [-0.4, -0.2) is 134 Å². The zero-order valence-corrected chi connectivity index (χ0v) is 48.9. The first kappa shape index (κ1) is 62.6. The van der Waals surface area contributed by atoms with Gasteiger partial charge < -0.3 is 41.7 Å². The lowest BCUT2D eigenvalue weighted by Crippen LogP contribution is -2.58. The van der Waals surface area contributed by atoms with E-state index in [-0.39, 0.29) is 47.5 Å². The molecule has 1 aromatic heterocycles. The lowest BCUT2D eigenvalue weighted by Gasteiger charge is -2.36. The van der Waals surface area contributed by atoms with Crippen LogP contribution in [0, 0.1) is 17.2 Å². The van der Waals surface area contributed by atoms with E-state index in [2.05, 4.69) is 71.7 Å². The molecule has 3 aromatic carbocycles. The van der Waals surface area contributed by atoms with Crippen molar-refractivity contribution in [3.63, 3.8) is 0 Å². The summed E-state index contributed by atoms with van der Waals surface area (Å²) in [5, 5.41) is 32.0. The molecule has 6 amide bonds. The summed E-state index contributed by atoms with van der Waals surface area (Å²) in [6.45, 7) is 4.49. The standard InChI is InChI=1S/C62H84F2N14O6/c1-40(66-3)57(79)69-51-17-7-5-15-48-31-33-54(77(48)61(51)83)59(81)68-50(44-23-27-46(63)28-24-44)35-38-75(73-65)36-11-9-13-42-19-21-43(22-20-42)14-10-12-37-76-39-53(72-74-76)56(45-25-29-47(64)30-26-45)71-60(82)55-34-32-49-16-6-8-18-52(62(84)78(49)55)70-58(80)41(2)67-4/h19-30,35,38-41,48-52,54-56,65-67H,5-18,31-34,36-37H2,1-4H3,(H,68,81)(H,69,79)(H,70,80)(H,71,82)/b38-35+,73-65?/t40-,41-,48-,49-,50+,51-,52-,54-,55-,56-/m0/s1. The highest BCUT2D eigenvalue weighted by atomic mass is 19.1. The Morgan fingerprint density at radius 3 is 1.65 bits per heavy atom. The maximum atomic E-state index is 14.3. The van der Waals surface area contributed by atoms with Gasteiger partial charge in [-0.05, 0) is 170 Å². The zero-order chi connectivity index (χ0) is 59.7. The second kappa shape index (κ2) is 30.4. The van der Waals surface area contributed by atoms with Crippen molar-refractivity contribution < 1.29 is 37.5 Å². The Bertz CT molecular complexity index is 2890. The van der Waals surface area contributed by atoms with Crippen LogP contribution in [0.2, 0.25) is 0 Å². The summed E-state index contributed by atoms with van der Waals surface area (Å²) in [5.41, 5.74) is 12.0. The SMILES string of the molecule is CN[C@@H](C)C(=O)N[C@H]1CCCC[C@H]2CC[C@@H](C(=O)N[C@@H](c3ccc(F)cc3)c3cn(CCCCc4ccc(CCCCN(/C=C/[C@@H](NC(=O)[C@@H]5CC[C@@H]6CCCC[C@H](NC(=O)[C@H](C)NC)C(=O)N65)c5ccc(F)cc5)N=N)cc4)nn3)N2C1=O. The molecule has 8 rings (SSSR count). The van der Waals surface area contributed by atoms with Crippen LogP contribution in [0.3, 0.4) is 0 Å². The number of unbranched alkanes of at least 4 members (excludes halogenated alkanes) is 2. The quantitative estimate of drug-likeness (QED) is 0.0196. The van der Waals surface area contributed by atoms with E-state index in [1.165, 1.54) is 40.4 Å². The summed E-state index contributed by atoms with van der Waals surface area (Å²) in [5.74, 6) is -2.57. The third-order valence-electron chi connectivity index (χ3n) is 17.2. The Morgan fingerprint density at radius 1 is 0.655 bits per heavy atom. The highest BCUT2D eigenvalue weighted by molar-refractivity contribution is 5.95. The molecule has 10 atom stereocenters. The molecule has 4 aliphatic heterocycles. The van der Waals surface area contributed by atoms with Gasteiger partial charge in [-0.25, -0.2) is 8.78 Å². The van der Waals surface area contributed by atoms with Crippen molar-refractivity contribution in [2.24, 2.45) is 5.22 Å². The molecule has 0 radical (unpaired) electrons. The van der Waals surface area contributed by atoms with Crippen molar-refractivity contribution in [3.8, 4) is 0 Å². The monoisotopic (exact) mass is 1160 g/mol. The number of rotatable bonds is 26. The van der Waals surface area contributed by atoms with E-state index in [1.807, 2.05) is 0 Å². The van der Waals surface area contributed by atoms with E-state index in [1.54, 1.807) is 85.2 Å². The molecule has 22 heteroatoms. The Balaban J connectivity index is 0.802. The summed E-state index contributed by atoms with van der Waals surface area (Å²) in [4.78, 5) is 85.6. The highest BCUT2D eigenvalue weighted by Gasteiger charge is 2.46. The van der Waals surface area contributed by atoms with Gasteiger partial charge in [-0.15, -0.1) is 5.10 Å². The molecule has 0 unspecified atom stereocenters. The number of carbonyl (C=O) groups is 6. The number of aryl methyl sites for hydroxylation is 3. The van der Waals surface area contributed by atoms with Crippen LogP contribution >= 0.6 is 0 Å². The first-order chi connectivity index (χ1) is 40.6. The van der Waals surface area contributed by atoms with Gasteiger partial charge in [0.2, 0.25) is 35.4 Å². The molecule has 0 bridgehead atoms. The van der Waals surface area contributed by atoms with Gasteiger partial charge in [-0.1, -0.05) is 84.7 Å². The summed E-state index contributed by atoms with van der Waals surface area (Å²) < 4.78 is 30.0. The molecular weight excluding hydrogens is 1070 g/mol. The van der Waals surface area contributed by atoms with Gasteiger partial charge in [0.1, 0.15) is 41.5 Å². The van der Waals surface area contributed by atoms with Crippen LogP contribution in [-0.2, 0) is 48.2 Å². The van der Waals surface area contributed by atoms with Crippen LogP contribution in [0.1, 0.15) is 157 Å². The van der Waals surface area contributed by atoms with Gasteiger partial charge >= 0.3 is 0 Å². The van der Waals surface area contributed by atoms with E-state index >= 15 is 0 Å². The predicted octanol–water partition coefficient (Wildman–Crippen LogP) is 6.78. The maximum Gasteiger partial charge on any atom is 0.246 e. The number of nitrogens with one attached hydrogen (secondary N) is 7. The lowest BCUT2D eigenvalue weighted by molar-refractivity contribution is -0.144. The van der Waals surface area contributed by atoms with Crippen LogP contribution in [0.25, 0.3) is 0 Å². The molecule has 4 fully saturated rings. The largest absolute Gasteiger partial charge is 0.344 e. The Labute approximate surface area is 491 Å². The van der Waals surface area contributed by atoms with Crippen molar-refractivity contribution >= 4 is 35.4 Å². The molecule has 4 aliphatic rings. The Kier molecular flexibility index (Phi) is 22.6. The number of benzene rings is 3. The van der Waals surface area contributed by atoms with Crippen molar-refractivity contribution in [1.29, 1.82) is 5.53 Å². The van der Waals surface area contributed by atoms with Crippen molar-refractivity contribution in [1.82, 2.24) is 61.7 Å². The molecule has 20 nitrogen and oxygen atoms in total. The average Bonchev–Trinajstić information content (AvgIpc) is 4.36. The third-order valence-corrected chi connectivity index (χ3v) is 17.2. The number of hydrogen-bond acceptors (Lipinski definition) is 12. The number of fused-ring (bicyclic) bond motifs is 2. The molecule has 4 aromatic rings. The van der Waals surface area contributed by atoms with E-state index in [9.17, 15) is 37.5 Å². The fourth-order valence-corrected chi connectivity index (χ4v) is 12.1. The van der Waals surface area contributed by atoms with Gasteiger partial charge in [-0.2, -0.15) is 5.53 Å². The summed E-state index contributed by atoms with van der Waals surface area (Å²) in [6, 6.07) is 14.7. The van der Waals surface area contributed by atoms with Gasteiger partial charge in [0, 0.05) is 31.4 Å². The van der Waals surface area contributed by atoms with Gasteiger partial charge in [-0.3, -0.25) is 38.5 Å². The van der Waals surface area contributed by atoms with Crippen LogP contribution in [0.5, 0.6) is 0 Å².